The number of amides is 1. The first-order valence-electron chi connectivity index (χ1n) is 5.57. The van der Waals surface area contributed by atoms with Crippen molar-refractivity contribution >= 4 is 34.9 Å². The van der Waals surface area contributed by atoms with Crippen LogP contribution in [0.25, 0.3) is 0 Å². The van der Waals surface area contributed by atoms with Crippen molar-refractivity contribution in [1.82, 2.24) is 9.78 Å². The summed E-state index contributed by atoms with van der Waals surface area (Å²) in [7, 11) is 0. The SMILES string of the molecule is Nc1cn(CC(=O)Nc2cccc(Cl)c2)nc1C(=O)O. The third-order valence-corrected chi connectivity index (χ3v) is 2.64. The number of benzene rings is 1. The van der Waals surface area contributed by atoms with Gasteiger partial charge in [0.25, 0.3) is 0 Å². The summed E-state index contributed by atoms with van der Waals surface area (Å²) in [6.07, 6.45) is 1.29. The molecule has 0 fully saturated rings. The highest BCUT2D eigenvalue weighted by Gasteiger charge is 2.14. The number of rotatable bonds is 4. The lowest BCUT2D eigenvalue weighted by Gasteiger charge is -2.05. The maximum Gasteiger partial charge on any atom is 0.358 e. The molecule has 2 aromatic rings. The number of aromatic nitrogens is 2. The van der Waals surface area contributed by atoms with E-state index in [-0.39, 0.29) is 23.8 Å². The zero-order chi connectivity index (χ0) is 14.7. The van der Waals surface area contributed by atoms with E-state index in [0.717, 1.165) is 0 Å². The van der Waals surface area contributed by atoms with Gasteiger partial charge >= 0.3 is 5.97 Å². The second-order valence-electron chi connectivity index (χ2n) is 3.99. The highest BCUT2D eigenvalue weighted by Crippen LogP contribution is 2.15. The predicted molar refractivity (Wildman–Crippen MR) is 73.7 cm³/mol. The Morgan fingerprint density at radius 3 is 2.80 bits per heavy atom. The van der Waals surface area contributed by atoms with Crippen LogP contribution in [0.15, 0.2) is 30.5 Å². The van der Waals surface area contributed by atoms with Crippen LogP contribution in [0.5, 0.6) is 0 Å². The molecule has 0 saturated heterocycles. The molecule has 1 aromatic carbocycles. The van der Waals surface area contributed by atoms with E-state index < -0.39 is 5.97 Å². The van der Waals surface area contributed by atoms with E-state index in [1.54, 1.807) is 24.3 Å². The van der Waals surface area contributed by atoms with Crippen molar-refractivity contribution in [3.05, 3.63) is 41.2 Å². The molecule has 1 amide bonds. The first kappa shape index (κ1) is 13.9. The van der Waals surface area contributed by atoms with E-state index in [1.807, 2.05) is 0 Å². The Morgan fingerprint density at radius 2 is 2.20 bits per heavy atom. The van der Waals surface area contributed by atoms with Crippen LogP contribution in [-0.4, -0.2) is 26.8 Å². The van der Waals surface area contributed by atoms with Crippen LogP contribution in [0.4, 0.5) is 11.4 Å². The average Bonchev–Trinajstić information content (AvgIpc) is 2.70. The first-order chi connectivity index (χ1) is 9.45. The van der Waals surface area contributed by atoms with E-state index in [1.165, 1.54) is 10.9 Å². The van der Waals surface area contributed by atoms with E-state index in [0.29, 0.717) is 10.7 Å². The van der Waals surface area contributed by atoms with Crippen LogP contribution in [0.2, 0.25) is 5.02 Å². The van der Waals surface area contributed by atoms with Gasteiger partial charge in [-0.2, -0.15) is 5.10 Å². The Balaban J connectivity index is 2.05. The number of nitrogens with two attached hydrogens (primary N) is 1. The highest BCUT2D eigenvalue weighted by atomic mass is 35.5. The molecule has 0 spiro atoms. The first-order valence-corrected chi connectivity index (χ1v) is 5.95. The fourth-order valence-electron chi connectivity index (χ4n) is 1.60. The number of hydrogen-bond acceptors (Lipinski definition) is 4. The van der Waals surface area contributed by atoms with Crippen molar-refractivity contribution < 1.29 is 14.7 Å². The minimum absolute atomic E-state index is 0.00746. The molecule has 0 saturated carbocycles. The van der Waals surface area contributed by atoms with E-state index in [9.17, 15) is 9.59 Å². The fourth-order valence-corrected chi connectivity index (χ4v) is 1.79. The molecule has 0 unspecified atom stereocenters. The predicted octanol–water partition coefficient (Wildman–Crippen LogP) is 1.46. The Kier molecular flexibility index (Phi) is 3.90. The molecular formula is C12H11ClN4O3. The molecule has 0 atom stereocenters. The summed E-state index contributed by atoms with van der Waals surface area (Å²) in [5.74, 6) is -1.61. The van der Waals surface area contributed by atoms with Gasteiger partial charge in [0.1, 0.15) is 6.54 Å². The van der Waals surface area contributed by atoms with Gasteiger partial charge in [-0.25, -0.2) is 4.79 Å². The van der Waals surface area contributed by atoms with Crippen molar-refractivity contribution in [3.63, 3.8) is 0 Å². The number of nitrogen functional groups attached to an aromatic ring is 1. The highest BCUT2D eigenvalue weighted by molar-refractivity contribution is 6.30. The van der Waals surface area contributed by atoms with Crippen molar-refractivity contribution in [2.45, 2.75) is 6.54 Å². The van der Waals surface area contributed by atoms with Crippen LogP contribution < -0.4 is 11.1 Å². The Morgan fingerprint density at radius 1 is 1.45 bits per heavy atom. The molecule has 20 heavy (non-hydrogen) atoms. The number of carboxylic acid groups (broad SMARTS) is 1. The standard InChI is InChI=1S/C12H11ClN4O3/c13-7-2-1-3-8(4-7)15-10(18)6-17-5-9(14)11(16-17)12(19)20/h1-5H,6,14H2,(H,15,18)(H,19,20). The lowest BCUT2D eigenvalue weighted by molar-refractivity contribution is -0.116. The number of carbonyl (C=O) groups excluding carboxylic acids is 1. The maximum absolute atomic E-state index is 11.8. The van der Waals surface area contributed by atoms with Crippen molar-refractivity contribution in [1.29, 1.82) is 0 Å². The van der Waals surface area contributed by atoms with Crippen molar-refractivity contribution in [2.75, 3.05) is 11.1 Å². The molecule has 4 N–H and O–H groups in total. The Bertz CT molecular complexity index is 668. The summed E-state index contributed by atoms with van der Waals surface area (Å²) in [5, 5.41) is 15.6. The fraction of sp³-hybridized carbons (Fsp3) is 0.0833. The minimum Gasteiger partial charge on any atom is -0.476 e. The third-order valence-electron chi connectivity index (χ3n) is 2.41. The maximum atomic E-state index is 11.8. The molecule has 2 rings (SSSR count). The molecule has 8 heteroatoms. The summed E-state index contributed by atoms with van der Waals surface area (Å²) in [4.78, 5) is 22.6. The number of carbonyl (C=O) groups is 2. The van der Waals surface area contributed by atoms with E-state index in [2.05, 4.69) is 10.4 Å². The zero-order valence-electron chi connectivity index (χ0n) is 10.2. The van der Waals surface area contributed by atoms with Gasteiger partial charge < -0.3 is 16.2 Å². The minimum atomic E-state index is -1.24. The van der Waals surface area contributed by atoms with Crippen LogP contribution in [0.1, 0.15) is 10.5 Å². The van der Waals surface area contributed by atoms with Gasteiger partial charge in [-0.15, -0.1) is 0 Å². The smallest absolute Gasteiger partial charge is 0.358 e. The molecule has 104 valence electrons. The number of aromatic carboxylic acids is 1. The van der Waals surface area contributed by atoms with Crippen LogP contribution in [0.3, 0.4) is 0 Å². The van der Waals surface area contributed by atoms with Crippen LogP contribution in [-0.2, 0) is 11.3 Å². The third kappa shape index (κ3) is 3.27. The molecular weight excluding hydrogens is 284 g/mol. The largest absolute Gasteiger partial charge is 0.476 e. The molecule has 0 aliphatic rings. The van der Waals surface area contributed by atoms with Crippen LogP contribution >= 0.6 is 11.6 Å². The van der Waals surface area contributed by atoms with Crippen molar-refractivity contribution in [3.8, 4) is 0 Å². The second-order valence-corrected chi connectivity index (χ2v) is 4.43. The second kappa shape index (κ2) is 5.62. The topological polar surface area (TPSA) is 110 Å². The van der Waals surface area contributed by atoms with Gasteiger partial charge in [-0.05, 0) is 18.2 Å². The Labute approximate surface area is 119 Å². The summed E-state index contributed by atoms with van der Waals surface area (Å²) in [6.45, 7) is -0.149. The lowest BCUT2D eigenvalue weighted by atomic mass is 10.3. The molecule has 1 heterocycles. The number of hydrogen-bond donors (Lipinski definition) is 3. The van der Waals surface area contributed by atoms with Gasteiger partial charge in [-0.3, -0.25) is 9.48 Å². The van der Waals surface area contributed by atoms with Gasteiger partial charge in [0.15, 0.2) is 5.69 Å². The van der Waals surface area contributed by atoms with E-state index >= 15 is 0 Å². The zero-order valence-corrected chi connectivity index (χ0v) is 11.0. The van der Waals surface area contributed by atoms with Gasteiger partial charge in [0.2, 0.25) is 5.91 Å². The summed E-state index contributed by atoms with van der Waals surface area (Å²) in [6, 6.07) is 6.67. The number of carboxylic acids is 1. The monoisotopic (exact) mass is 294 g/mol. The lowest BCUT2D eigenvalue weighted by Crippen LogP contribution is -2.19. The summed E-state index contributed by atoms with van der Waals surface area (Å²) in [5.41, 5.74) is 5.75. The number of halogens is 1. The van der Waals surface area contributed by atoms with Crippen LogP contribution in [0, 0.1) is 0 Å². The average molecular weight is 295 g/mol. The van der Waals surface area contributed by atoms with E-state index in [4.69, 9.17) is 22.4 Å². The van der Waals surface area contributed by atoms with Gasteiger partial charge in [0.05, 0.1) is 5.69 Å². The number of nitrogens with zero attached hydrogens (tertiary/aromatic N) is 2. The van der Waals surface area contributed by atoms with Crippen molar-refractivity contribution in [2.24, 2.45) is 0 Å². The molecule has 0 aliphatic carbocycles. The normalized spacial score (nSPS) is 10.2. The summed E-state index contributed by atoms with van der Waals surface area (Å²) < 4.78 is 1.17. The Hall–Kier alpha value is -2.54. The quantitative estimate of drug-likeness (QED) is 0.790. The van der Waals surface area contributed by atoms with Gasteiger partial charge in [-0.1, -0.05) is 17.7 Å². The molecule has 0 aliphatic heterocycles. The van der Waals surface area contributed by atoms with Gasteiger partial charge in [0, 0.05) is 16.9 Å². The number of anilines is 2. The molecule has 0 bridgehead atoms. The molecule has 1 aromatic heterocycles. The molecule has 0 radical (unpaired) electrons. The number of nitrogens with one attached hydrogen (secondary N) is 1. The summed E-state index contributed by atoms with van der Waals surface area (Å²) >= 11 is 5.80. The molecule has 7 nitrogen and oxygen atoms in total.